The van der Waals surface area contributed by atoms with Crippen molar-refractivity contribution in [2.24, 2.45) is 5.92 Å². The predicted molar refractivity (Wildman–Crippen MR) is 243 cm³/mol. The maximum absolute atomic E-state index is 12.6. The summed E-state index contributed by atoms with van der Waals surface area (Å²) >= 11 is 0. The number of phosphoric ester groups is 1. The maximum Gasteiger partial charge on any atom is 0.472 e. The van der Waals surface area contributed by atoms with Gasteiger partial charge in [0.25, 0.3) is 0 Å². The standard InChI is InChI=1S/C48H89O11P/c1-4-5-6-7-8-9-10-15-19-22-25-28-31-35-44(50)36-33-38-48(53)59-46(42-58-60(54,55)57-40-45(51)39-49)41-56-47(52)37-32-29-26-23-20-17-14-12-11-13-16-18-21-24-27-30-34-43(2)3/h15,19,25,28,31,35,43-46,49-51H,4-14,16-18,20-24,26-27,29-30,32-34,36-42H2,1-3H3,(H,54,55)/b19-15+,28-25+,35-31+/t44?,45-,46+/m0/s1. The highest BCUT2D eigenvalue weighted by molar-refractivity contribution is 7.47. The van der Waals surface area contributed by atoms with Crippen LogP contribution in [0.15, 0.2) is 36.5 Å². The molecule has 0 amide bonds. The molecule has 12 heteroatoms. The molecule has 0 radical (unpaired) electrons. The van der Waals surface area contributed by atoms with Crippen LogP contribution in [0, 0.1) is 5.92 Å². The fourth-order valence-electron chi connectivity index (χ4n) is 6.60. The lowest BCUT2D eigenvalue weighted by Gasteiger charge is -2.20. The summed E-state index contributed by atoms with van der Waals surface area (Å²) in [6.07, 6.45) is 40.0. The highest BCUT2D eigenvalue weighted by Gasteiger charge is 2.27. The third-order valence-corrected chi connectivity index (χ3v) is 11.3. The largest absolute Gasteiger partial charge is 0.472 e. The van der Waals surface area contributed by atoms with E-state index in [1.54, 1.807) is 12.2 Å². The lowest BCUT2D eigenvalue weighted by molar-refractivity contribution is -0.161. The van der Waals surface area contributed by atoms with E-state index in [9.17, 15) is 29.3 Å². The van der Waals surface area contributed by atoms with Crippen LogP contribution in [-0.4, -0.2) is 76.9 Å². The minimum absolute atomic E-state index is 0.0383. The molecule has 352 valence electrons. The Balaban J connectivity index is 4.37. The van der Waals surface area contributed by atoms with E-state index in [1.165, 1.54) is 122 Å². The van der Waals surface area contributed by atoms with Gasteiger partial charge in [-0.15, -0.1) is 0 Å². The van der Waals surface area contributed by atoms with Crippen molar-refractivity contribution in [2.45, 2.75) is 225 Å². The lowest BCUT2D eigenvalue weighted by atomic mass is 10.0. The van der Waals surface area contributed by atoms with Crippen molar-refractivity contribution in [2.75, 3.05) is 26.4 Å². The second-order valence-electron chi connectivity index (χ2n) is 16.8. The Labute approximate surface area is 365 Å². The van der Waals surface area contributed by atoms with Crippen molar-refractivity contribution in [3.8, 4) is 0 Å². The summed E-state index contributed by atoms with van der Waals surface area (Å²) in [5.74, 6) is -0.287. The average molecular weight is 873 g/mol. The second kappa shape index (κ2) is 42.5. The summed E-state index contributed by atoms with van der Waals surface area (Å²) in [6.45, 7) is 4.52. The van der Waals surface area contributed by atoms with Crippen LogP contribution in [0.3, 0.4) is 0 Å². The number of unbranched alkanes of at least 4 members (excludes halogenated alkanes) is 21. The van der Waals surface area contributed by atoms with Crippen molar-refractivity contribution in [3.05, 3.63) is 36.5 Å². The van der Waals surface area contributed by atoms with Crippen LogP contribution < -0.4 is 0 Å². The van der Waals surface area contributed by atoms with E-state index in [2.05, 4.69) is 37.4 Å². The van der Waals surface area contributed by atoms with E-state index in [-0.39, 0.29) is 19.4 Å². The minimum atomic E-state index is -4.67. The Morgan fingerprint density at radius 2 is 1.13 bits per heavy atom. The van der Waals surface area contributed by atoms with Gasteiger partial charge in [0, 0.05) is 12.8 Å². The first-order valence-electron chi connectivity index (χ1n) is 23.9. The van der Waals surface area contributed by atoms with Crippen LogP contribution in [-0.2, 0) is 32.7 Å². The van der Waals surface area contributed by atoms with Gasteiger partial charge in [0.05, 0.1) is 25.9 Å². The predicted octanol–water partition coefficient (Wildman–Crippen LogP) is 11.9. The molecule has 0 aromatic rings. The molecule has 0 aliphatic rings. The fraction of sp³-hybridized carbons (Fsp3) is 0.833. The van der Waals surface area contributed by atoms with Crippen LogP contribution in [0.4, 0.5) is 0 Å². The molecule has 0 aliphatic carbocycles. The molecular formula is C48H89O11P. The van der Waals surface area contributed by atoms with Crippen molar-refractivity contribution in [1.29, 1.82) is 0 Å². The summed E-state index contributed by atoms with van der Waals surface area (Å²) < 4.78 is 32.6. The Hall–Kier alpha value is -1.85. The van der Waals surface area contributed by atoms with Gasteiger partial charge in [-0.25, -0.2) is 4.57 Å². The summed E-state index contributed by atoms with van der Waals surface area (Å²) in [6, 6.07) is 0. The van der Waals surface area contributed by atoms with E-state index >= 15 is 0 Å². The molecule has 4 atom stereocenters. The molecular weight excluding hydrogens is 783 g/mol. The highest BCUT2D eigenvalue weighted by Crippen LogP contribution is 2.43. The number of hydrogen-bond acceptors (Lipinski definition) is 10. The van der Waals surface area contributed by atoms with Gasteiger partial charge in [-0.05, 0) is 44.4 Å². The first-order chi connectivity index (χ1) is 29.0. The van der Waals surface area contributed by atoms with Crippen molar-refractivity contribution < 1.29 is 52.9 Å². The van der Waals surface area contributed by atoms with Gasteiger partial charge >= 0.3 is 19.8 Å². The van der Waals surface area contributed by atoms with Crippen LogP contribution in [0.5, 0.6) is 0 Å². The van der Waals surface area contributed by atoms with Gasteiger partial charge in [0.15, 0.2) is 6.10 Å². The molecule has 0 fully saturated rings. The molecule has 60 heavy (non-hydrogen) atoms. The van der Waals surface area contributed by atoms with Crippen LogP contribution in [0.1, 0.15) is 207 Å². The Kier molecular flexibility index (Phi) is 41.1. The number of hydrogen-bond donors (Lipinski definition) is 4. The number of carbonyl (C=O) groups excluding carboxylic acids is 2. The molecule has 0 bridgehead atoms. The van der Waals surface area contributed by atoms with Crippen molar-refractivity contribution in [1.82, 2.24) is 0 Å². The van der Waals surface area contributed by atoms with E-state index < -0.39 is 57.9 Å². The van der Waals surface area contributed by atoms with Gasteiger partial charge in [-0.1, -0.05) is 192 Å². The molecule has 0 spiro atoms. The van der Waals surface area contributed by atoms with Crippen LogP contribution >= 0.6 is 7.82 Å². The number of rotatable bonds is 44. The van der Waals surface area contributed by atoms with E-state index in [1.807, 2.05) is 12.2 Å². The number of phosphoric acid groups is 1. The van der Waals surface area contributed by atoms with Crippen molar-refractivity contribution >= 4 is 19.8 Å². The second-order valence-corrected chi connectivity index (χ2v) is 18.3. The molecule has 0 rings (SSSR count). The molecule has 0 aliphatic heterocycles. The Bertz CT molecular complexity index is 1130. The van der Waals surface area contributed by atoms with E-state index in [0.29, 0.717) is 19.3 Å². The third kappa shape index (κ3) is 42.8. The first-order valence-corrected chi connectivity index (χ1v) is 25.4. The number of allylic oxidation sites excluding steroid dienone is 5. The molecule has 0 heterocycles. The third-order valence-electron chi connectivity index (χ3n) is 10.3. The zero-order valence-electron chi connectivity index (χ0n) is 38.2. The van der Waals surface area contributed by atoms with Crippen LogP contribution in [0.2, 0.25) is 0 Å². The topological polar surface area (TPSA) is 169 Å². The number of esters is 2. The van der Waals surface area contributed by atoms with E-state index in [4.69, 9.17) is 19.1 Å². The Morgan fingerprint density at radius 3 is 1.72 bits per heavy atom. The van der Waals surface area contributed by atoms with Gasteiger partial charge in [0.2, 0.25) is 0 Å². The summed E-state index contributed by atoms with van der Waals surface area (Å²) in [4.78, 5) is 35.1. The quantitative estimate of drug-likeness (QED) is 0.0151. The molecule has 0 saturated carbocycles. The monoisotopic (exact) mass is 873 g/mol. The normalized spacial score (nSPS) is 14.7. The zero-order valence-corrected chi connectivity index (χ0v) is 39.1. The average Bonchev–Trinajstić information content (AvgIpc) is 3.22. The van der Waals surface area contributed by atoms with E-state index in [0.717, 1.165) is 38.0 Å². The maximum atomic E-state index is 12.6. The highest BCUT2D eigenvalue weighted by atomic mass is 31.2. The first kappa shape index (κ1) is 58.1. The van der Waals surface area contributed by atoms with Gasteiger partial charge in [0.1, 0.15) is 12.7 Å². The summed E-state index contributed by atoms with van der Waals surface area (Å²) in [5, 5.41) is 28.7. The van der Waals surface area contributed by atoms with Gasteiger partial charge < -0.3 is 29.7 Å². The number of carbonyl (C=O) groups is 2. The fourth-order valence-corrected chi connectivity index (χ4v) is 7.39. The van der Waals surface area contributed by atoms with Crippen LogP contribution in [0.25, 0.3) is 0 Å². The molecule has 0 aromatic carbocycles. The number of ether oxygens (including phenoxy) is 2. The number of aliphatic hydroxyl groups is 3. The molecule has 0 saturated heterocycles. The zero-order chi connectivity index (χ0) is 44.4. The van der Waals surface area contributed by atoms with Crippen molar-refractivity contribution in [3.63, 3.8) is 0 Å². The Morgan fingerprint density at radius 1 is 0.600 bits per heavy atom. The SMILES string of the molecule is CCCCCCCC/C=C/C/C=C/C=C/C(O)CCCC(=O)O[C@H](COC(=O)CCCCCCCCCCCCCCCCCCC(C)C)COP(=O)(O)OC[C@@H](O)CO. The molecule has 11 nitrogen and oxygen atoms in total. The smallest absolute Gasteiger partial charge is 0.462 e. The lowest BCUT2D eigenvalue weighted by Crippen LogP contribution is -2.30. The molecule has 2 unspecified atom stereocenters. The van der Waals surface area contributed by atoms with Gasteiger partial charge in [-0.3, -0.25) is 18.6 Å². The number of aliphatic hydroxyl groups excluding tert-OH is 3. The molecule has 4 N–H and O–H groups in total. The minimum Gasteiger partial charge on any atom is -0.462 e. The summed E-state index contributed by atoms with van der Waals surface area (Å²) in [5.41, 5.74) is 0. The van der Waals surface area contributed by atoms with Gasteiger partial charge in [-0.2, -0.15) is 0 Å². The molecule has 0 aromatic heterocycles. The summed E-state index contributed by atoms with van der Waals surface area (Å²) in [7, 11) is -4.67.